The number of benzene rings is 1. The van der Waals surface area contributed by atoms with Crippen molar-refractivity contribution in [3.05, 3.63) is 23.8 Å². The highest BCUT2D eigenvalue weighted by molar-refractivity contribution is 5.72. The summed E-state index contributed by atoms with van der Waals surface area (Å²) in [5, 5.41) is 19.1. The first-order chi connectivity index (χ1) is 9.32. The SMILES string of the molecule is CCC(Oc1ccc2c(c1)OC(C)(C)CC2O)C(=O)O. The molecule has 2 unspecified atom stereocenters. The van der Waals surface area contributed by atoms with Crippen LogP contribution in [0.25, 0.3) is 0 Å². The van der Waals surface area contributed by atoms with Crippen LogP contribution in [0, 0.1) is 0 Å². The molecule has 20 heavy (non-hydrogen) atoms. The Morgan fingerprint density at radius 2 is 2.25 bits per heavy atom. The first kappa shape index (κ1) is 14.7. The van der Waals surface area contributed by atoms with E-state index in [4.69, 9.17) is 14.6 Å². The number of hydrogen-bond donors (Lipinski definition) is 2. The molecule has 0 aromatic heterocycles. The van der Waals surface area contributed by atoms with E-state index < -0.39 is 23.8 Å². The van der Waals surface area contributed by atoms with Crippen molar-refractivity contribution in [2.45, 2.75) is 51.4 Å². The van der Waals surface area contributed by atoms with Gasteiger partial charge in [0.05, 0.1) is 6.10 Å². The quantitative estimate of drug-likeness (QED) is 0.886. The van der Waals surface area contributed by atoms with Gasteiger partial charge in [0.1, 0.15) is 17.1 Å². The number of aliphatic hydroxyl groups excluding tert-OH is 1. The lowest BCUT2D eigenvalue weighted by Crippen LogP contribution is -2.34. The topological polar surface area (TPSA) is 76.0 Å². The number of hydrogen-bond acceptors (Lipinski definition) is 4. The van der Waals surface area contributed by atoms with Crippen LogP contribution in [-0.2, 0) is 4.79 Å². The third-order valence-electron chi connectivity index (χ3n) is 3.34. The molecule has 1 heterocycles. The minimum atomic E-state index is -0.994. The molecule has 1 aromatic rings. The Labute approximate surface area is 118 Å². The molecular weight excluding hydrogens is 260 g/mol. The number of aliphatic carboxylic acids is 1. The summed E-state index contributed by atoms with van der Waals surface area (Å²) in [5.41, 5.74) is 0.252. The average Bonchev–Trinajstić information content (AvgIpc) is 2.33. The van der Waals surface area contributed by atoms with Crippen molar-refractivity contribution >= 4 is 5.97 Å². The molecule has 1 aliphatic heterocycles. The van der Waals surface area contributed by atoms with Gasteiger partial charge in [-0.1, -0.05) is 6.92 Å². The Morgan fingerprint density at radius 3 is 2.85 bits per heavy atom. The van der Waals surface area contributed by atoms with Gasteiger partial charge in [-0.2, -0.15) is 0 Å². The highest BCUT2D eigenvalue weighted by atomic mass is 16.5. The van der Waals surface area contributed by atoms with Crippen molar-refractivity contribution < 1.29 is 24.5 Å². The van der Waals surface area contributed by atoms with Gasteiger partial charge in [0.2, 0.25) is 0 Å². The van der Waals surface area contributed by atoms with Crippen molar-refractivity contribution in [3.63, 3.8) is 0 Å². The molecule has 5 heteroatoms. The molecule has 0 saturated carbocycles. The Hall–Kier alpha value is -1.75. The normalized spacial score (nSPS) is 21.5. The van der Waals surface area contributed by atoms with Gasteiger partial charge in [0.25, 0.3) is 0 Å². The summed E-state index contributed by atoms with van der Waals surface area (Å²) in [6.07, 6.45) is -0.562. The van der Waals surface area contributed by atoms with Crippen molar-refractivity contribution in [1.29, 1.82) is 0 Å². The molecule has 0 bridgehead atoms. The summed E-state index contributed by atoms with van der Waals surface area (Å²) in [6, 6.07) is 5.03. The number of rotatable bonds is 4. The maximum atomic E-state index is 11.0. The van der Waals surface area contributed by atoms with Crippen LogP contribution in [0.3, 0.4) is 0 Å². The van der Waals surface area contributed by atoms with Crippen molar-refractivity contribution in [3.8, 4) is 11.5 Å². The van der Waals surface area contributed by atoms with E-state index in [0.717, 1.165) is 0 Å². The summed E-state index contributed by atoms with van der Waals surface area (Å²) in [5.74, 6) is -0.0131. The van der Waals surface area contributed by atoms with Crippen LogP contribution in [0.1, 0.15) is 45.3 Å². The molecule has 0 saturated heterocycles. The molecule has 2 atom stereocenters. The number of ether oxygens (including phenoxy) is 2. The minimum absolute atomic E-state index is 0.376. The lowest BCUT2D eigenvalue weighted by Gasteiger charge is -2.35. The van der Waals surface area contributed by atoms with Gasteiger partial charge < -0.3 is 19.7 Å². The standard InChI is InChI=1S/C15H20O5/c1-4-12(14(17)18)19-9-5-6-10-11(16)8-15(2,3)20-13(10)7-9/h5-7,11-12,16H,4,8H2,1-3H3,(H,17,18). The lowest BCUT2D eigenvalue weighted by molar-refractivity contribution is -0.145. The summed E-state index contributed by atoms with van der Waals surface area (Å²) in [6.45, 7) is 5.55. The van der Waals surface area contributed by atoms with Gasteiger partial charge in [0.15, 0.2) is 6.10 Å². The maximum Gasteiger partial charge on any atom is 0.344 e. The monoisotopic (exact) mass is 280 g/mol. The summed E-state index contributed by atoms with van der Waals surface area (Å²) in [4.78, 5) is 11.0. The number of carboxylic acid groups (broad SMARTS) is 1. The summed E-state index contributed by atoms with van der Waals surface area (Å²) in [7, 11) is 0. The number of aliphatic hydroxyl groups is 1. The van der Waals surface area contributed by atoms with Crippen LogP contribution < -0.4 is 9.47 Å². The van der Waals surface area contributed by atoms with E-state index in [2.05, 4.69) is 0 Å². The summed E-state index contributed by atoms with van der Waals surface area (Å²) < 4.78 is 11.3. The van der Waals surface area contributed by atoms with Crippen molar-refractivity contribution in [2.24, 2.45) is 0 Å². The molecule has 5 nitrogen and oxygen atoms in total. The zero-order valence-corrected chi connectivity index (χ0v) is 11.9. The third-order valence-corrected chi connectivity index (χ3v) is 3.34. The number of carbonyl (C=O) groups is 1. The predicted molar refractivity (Wildman–Crippen MR) is 73.1 cm³/mol. The molecule has 0 fully saturated rings. The lowest BCUT2D eigenvalue weighted by atomic mass is 9.92. The zero-order valence-electron chi connectivity index (χ0n) is 11.9. The van der Waals surface area contributed by atoms with Gasteiger partial charge in [-0.3, -0.25) is 0 Å². The first-order valence-corrected chi connectivity index (χ1v) is 6.73. The Morgan fingerprint density at radius 1 is 1.55 bits per heavy atom. The zero-order chi connectivity index (χ0) is 14.9. The third kappa shape index (κ3) is 3.04. The van der Waals surface area contributed by atoms with Crippen LogP contribution in [-0.4, -0.2) is 27.9 Å². The average molecular weight is 280 g/mol. The van der Waals surface area contributed by atoms with Crippen LogP contribution in [0.5, 0.6) is 11.5 Å². The molecule has 110 valence electrons. The van der Waals surface area contributed by atoms with Crippen molar-refractivity contribution in [2.75, 3.05) is 0 Å². The van der Waals surface area contributed by atoms with Gasteiger partial charge in [-0.05, 0) is 32.4 Å². The van der Waals surface area contributed by atoms with Gasteiger partial charge in [-0.15, -0.1) is 0 Å². The number of fused-ring (bicyclic) bond motifs is 1. The minimum Gasteiger partial charge on any atom is -0.487 e. The molecule has 0 spiro atoms. The van der Waals surface area contributed by atoms with E-state index in [1.165, 1.54) is 0 Å². The van der Waals surface area contributed by atoms with Crippen LogP contribution in [0.4, 0.5) is 0 Å². The first-order valence-electron chi connectivity index (χ1n) is 6.73. The fraction of sp³-hybridized carbons (Fsp3) is 0.533. The molecule has 0 aliphatic carbocycles. The van der Waals surface area contributed by atoms with E-state index in [-0.39, 0.29) is 0 Å². The fourth-order valence-electron chi connectivity index (χ4n) is 2.34. The molecule has 2 rings (SSSR count). The molecule has 0 amide bonds. The van der Waals surface area contributed by atoms with E-state index >= 15 is 0 Å². The second kappa shape index (κ2) is 5.32. The highest BCUT2D eigenvalue weighted by Gasteiger charge is 2.33. The molecule has 1 aliphatic rings. The van der Waals surface area contributed by atoms with Crippen LogP contribution >= 0.6 is 0 Å². The maximum absolute atomic E-state index is 11.0. The van der Waals surface area contributed by atoms with Crippen molar-refractivity contribution in [1.82, 2.24) is 0 Å². The smallest absolute Gasteiger partial charge is 0.344 e. The van der Waals surface area contributed by atoms with Crippen LogP contribution in [0.2, 0.25) is 0 Å². The van der Waals surface area contributed by atoms with E-state index in [1.807, 2.05) is 13.8 Å². The Balaban J connectivity index is 2.25. The highest BCUT2D eigenvalue weighted by Crippen LogP contribution is 2.41. The molecule has 0 radical (unpaired) electrons. The molecule has 2 N–H and O–H groups in total. The molecule has 1 aromatic carbocycles. The number of carboxylic acids is 1. The van der Waals surface area contributed by atoms with Gasteiger partial charge >= 0.3 is 5.97 Å². The van der Waals surface area contributed by atoms with Crippen LogP contribution in [0.15, 0.2) is 18.2 Å². The Kier molecular flexibility index (Phi) is 3.90. The summed E-state index contributed by atoms with van der Waals surface area (Å²) >= 11 is 0. The predicted octanol–water partition coefficient (Wildman–Crippen LogP) is 2.52. The second-order valence-corrected chi connectivity index (χ2v) is 5.63. The second-order valence-electron chi connectivity index (χ2n) is 5.63. The van der Waals surface area contributed by atoms with Gasteiger partial charge in [-0.25, -0.2) is 4.79 Å². The Bertz CT molecular complexity index is 509. The van der Waals surface area contributed by atoms with E-state index in [9.17, 15) is 9.90 Å². The van der Waals surface area contributed by atoms with Gasteiger partial charge in [0, 0.05) is 18.1 Å². The van der Waals surface area contributed by atoms with E-state index in [0.29, 0.717) is 29.9 Å². The fourth-order valence-corrected chi connectivity index (χ4v) is 2.34. The largest absolute Gasteiger partial charge is 0.487 e. The molecular formula is C15H20O5. The van der Waals surface area contributed by atoms with E-state index in [1.54, 1.807) is 25.1 Å².